The zero-order valence-electron chi connectivity index (χ0n) is 32.5. The molecule has 296 valence electrons. The molecule has 4 aliphatic heterocycles. The number of ether oxygens (including phenoxy) is 1. The van der Waals surface area contributed by atoms with Gasteiger partial charge in [0, 0.05) is 75.7 Å². The van der Waals surface area contributed by atoms with Crippen LogP contribution in [0.15, 0.2) is 53.4 Å². The molecule has 5 aliphatic rings. The Morgan fingerprint density at radius 2 is 1.63 bits per heavy atom. The summed E-state index contributed by atoms with van der Waals surface area (Å²) in [6.45, 7) is 9.23. The molecule has 0 unspecified atom stereocenters. The summed E-state index contributed by atoms with van der Waals surface area (Å²) in [6.07, 6.45) is 7.34. The van der Waals surface area contributed by atoms with Crippen molar-refractivity contribution in [3.05, 3.63) is 59.9 Å². The summed E-state index contributed by atoms with van der Waals surface area (Å²) in [5, 5.41) is -0.543. The Balaban J connectivity index is 0.950. The van der Waals surface area contributed by atoms with Gasteiger partial charge in [-0.1, -0.05) is 18.6 Å². The van der Waals surface area contributed by atoms with Gasteiger partial charge >= 0.3 is 5.97 Å². The van der Waals surface area contributed by atoms with E-state index in [1.807, 2.05) is 37.2 Å². The third-order valence-electron chi connectivity index (χ3n) is 13.5. The minimum absolute atomic E-state index is 0.0102. The Hall–Kier alpha value is -3.06. The predicted molar refractivity (Wildman–Crippen MR) is 209 cm³/mol. The second-order valence-electron chi connectivity index (χ2n) is 17.1. The molecule has 4 heterocycles. The number of hydrogen-bond acceptors (Lipinski definition) is 9. The number of halogens is 1. The van der Waals surface area contributed by atoms with Crippen LogP contribution in [0.3, 0.4) is 0 Å². The van der Waals surface area contributed by atoms with Gasteiger partial charge in [-0.05, 0) is 132 Å². The van der Waals surface area contributed by atoms with Crippen LogP contribution in [0.5, 0.6) is 0 Å². The van der Waals surface area contributed by atoms with E-state index in [0.29, 0.717) is 42.0 Å². The van der Waals surface area contributed by atoms with Crippen LogP contribution in [0.4, 0.5) is 10.1 Å². The van der Waals surface area contributed by atoms with E-state index in [9.17, 15) is 18.0 Å². The molecule has 0 aromatic heterocycles. The van der Waals surface area contributed by atoms with Gasteiger partial charge in [0.05, 0.1) is 12.0 Å². The van der Waals surface area contributed by atoms with E-state index in [2.05, 4.69) is 20.8 Å². The molecule has 4 saturated heterocycles. The van der Waals surface area contributed by atoms with Crippen LogP contribution >= 0.6 is 0 Å². The SMILES string of the molecule is COC(=O)C[C@H]1CCC[C@@H]1[C@](CN1CCC1)(c1cccc(F)c1)C1CCN(CC2CN(c3ccc(S(=O)(=O)C4CN(C(=O)CCN(C)C)C4)cc3)C2)CC1. The highest BCUT2D eigenvalue weighted by Crippen LogP contribution is 2.54. The molecule has 5 fully saturated rings. The van der Waals surface area contributed by atoms with Gasteiger partial charge in [0.2, 0.25) is 5.91 Å². The van der Waals surface area contributed by atoms with Gasteiger partial charge in [-0.25, -0.2) is 12.8 Å². The van der Waals surface area contributed by atoms with E-state index in [0.717, 1.165) is 95.7 Å². The fourth-order valence-corrected chi connectivity index (χ4v) is 11.9. The Morgan fingerprint density at radius 1 is 0.907 bits per heavy atom. The van der Waals surface area contributed by atoms with Gasteiger partial charge in [-0.2, -0.15) is 0 Å². The van der Waals surface area contributed by atoms with Crippen LogP contribution in [-0.2, 0) is 29.6 Å². The molecular weight excluding hydrogens is 706 g/mol. The quantitative estimate of drug-likeness (QED) is 0.243. The number of hydrogen-bond donors (Lipinski definition) is 0. The highest BCUT2D eigenvalue weighted by molar-refractivity contribution is 7.92. The summed E-state index contributed by atoms with van der Waals surface area (Å²) < 4.78 is 46.7. The number of anilines is 1. The molecule has 3 atom stereocenters. The van der Waals surface area contributed by atoms with Crippen LogP contribution in [-0.4, -0.2) is 138 Å². The van der Waals surface area contributed by atoms with E-state index >= 15 is 4.39 Å². The Bertz CT molecular complexity index is 1720. The van der Waals surface area contributed by atoms with Gasteiger partial charge in [0.1, 0.15) is 11.1 Å². The molecule has 1 saturated carbocycles. The number of benzene rings is 2. The molecule has 0 spiro atoms. The van der Waals surface area contributed by atoms with Crippen molar-refractivity contribution in [2.45, 2.75) is 66.9 Å². The molecule has 0 radical (unpaired) electrons. The molecule has 12 heteroatoms. The van der Waals surface area contributed by atoms with Crippen LogP contribution in [0.1, 0.15) is 56.9 Å². The first-order valence-corrected chi connectivity index (χ1v) is 21.8. The number of esters is 1. The lowest BCUT2D eigenvalue weighted by atomic mass is 9.56. The van der Waals surface area contributed by atoms with Gasteiger partial charge in [-0.3, -0.25) is 9.59 Å². The standard InChI is InChI=1S/C42H60FN5O5S/c1-44(2)20-17-40(49)48-28-38(29-48)54(51,52)37-13-11-36(12-14-37)47-26-31(27-47)25-45-21-15-33(16-22-45)42(30-46-18-6-19-46,34-8-5-9-35(43)24-34)39-10-4-7-32(39)23-41(50)53-3/h5,8-9,11-14,24,31-33,38-39H,4,6-7,10,15-23,25-30H2,1-3H3/t32-,39+,42+/m1/s1. The van der Waals surface area contributed by atoms with Crippen LogP contribution in [0.25, 0.3) is 0 Å². The summed E-state index contributed by atoms with van der Waals surface area (Å²) in [5.74, 6) is 1.19. The van der Waals surface area contributed by atoms with Crippen molar-refractivity contribution in [1.29, 1.82) is 0 Å². The van der Waals surface area contributed by atoms with Gasteiger partial charge in [0.25, 0.3) is 0 Å². The average Bonchev–Trinajstić information content (AvgIpc) is 3.56. The largest absolute Gasteiger partial charge is 0.469 e. The minimum atomic E-state index is -3.49. The number of carbonyl (C=O) groups excluding carboxylic acids is 2. The van der Waals surface area contributed by atoms with E-state index in [1.54, 1.807) is 29.2 Å². The summed E-state index contributed by atoms with van der Waals surface area (Å²) in [4.78, 5) is 36.4. The lowest BCUT2D eigenvalue weighted by Gasteiger charge is -2.54. The lowest BCUT2D eigenvalue weighted by Crippen LogP contribution is -2.58. The fraction of sp³-hybridized carbons (Fsp3) is 0.667. The van der Waals surface area contributed by atoms with Crippen LogP contribution in [0, 0.1) is 29.5 Å². The second-order valence-corrected chi connectivity index (χ2v) is 19.3. The fourth-order valence-electron chi connectivity index (χ4n) is 10.3. The van der Waals surface area contributed by atoms with Crippen molar-refractivity contribution in [2.75, 3.05) is 98.1 Å². The predicted octanol–water partition coefficient (Wildman–Crippen LogP) is 4.53. The summed E-state index contributed by atoms with van der Waals surface area (Å²) in [7, 11) is 1.83. The molecule has 2 aromatic rings. The van der Waals surface area contributed by atoms with E-state index < -0.39 is 15.1 Å². The van der Waals surface area contributed by atoms with Crippen molar-refractivity contribution in [1.82, 2.24) is 19.6 Å². The normalized spacial score (nSPS) is 24.5. The zero-order chi connectivity index (χ0) is 38.0. The van der Waals surface area contributed by atoms with E-state index in [-0.39, 0.29) is 42.1 Å². The van der Waals surface area contributed by atoms with Gasteiger partial charge in [-0.15, -0.1) is 0 Å². The second kappa shape index (κ2) is 16.6. The maximum Gasteiger partial charge on any atom is 0.305 e. The number of methoxy groups -OCH3 is 1. The number of rotatable bonds is 15. The molecule has 7 rings (SSSR count). The van der Waals surface area contributed by atoms with Gasteiger partial charge in [0.15, 0.2) is 9.84 Å². The number of sulfone groups is 1. The number of amides is 1. The minimum Gasteiger partial charge on any atom is -0.469 e. The molecule has 2 aromatic carbocycles. The third-order valence-corrected chi connectivity index (χ3v) is 15.6. The zero-order valence-corrected chi connectivity index (χ0v) is 33.3. The first-order chi connectivity index (χ1) is 26.0. The first-order valence-electron chi connectivity index (χ1n) is 20.2. The molecule has 10 nitrogen and oxygen atoms in total. The number of nitrogens with zero attached hydrogens (tertiary/aromatic N) is 5. The highest BCUT2D eigenvalue weighted by Gasteiger charge is 2.53. The van der Waals surface area contributed by atoms with Crippen molar-refractivity contribution in [3.63, 3.8) is 0 Å². The molecule has 0 bridgehead atoms. The lowest BCUT2D eigenvalue weighted by molar-refractivity contribution is -0.142. The van der Waals surface area contributed by atoms with Crippen molar-refractivity contribution in [2.24, 2.45) is 23.7 Å². The maximum absolute atomic E-state index is 15.0. The third kappa shape index (κ3) is 8.22. The molecule has 1 aliphatic carbocycles. The van der Waals surface area contributed by atoms with Crippen molar-refractivity contribution < 1.29 is 27.1 Å². The Kier molecular flexibility index (Phi) is 12.0. The first kappa shape index (κ1) is 39.2. The van der Waals surface area contributed by atoms with Crippen LogP contribution < -0.4 is 4.90 Å². The van der Waals surface area contributed by atoms with E-state index in [1.165, 1.54) is 13.5 Å². The molecule has 1 amide bonds. The highest BCUT2D eigenvalue weighted by atomic mass is 32.2. The van der Waals surface area contributed by atoms with E-state index in [4.69, 9.17) is 4.74 Å². The number of carbonyl (C=O) groups is 2. The monoisotopic (exact) mass is 765 g/mol. The molecule has 0 N–H and O–H groups in total. The summed E-state index contributed by atoms with van der Waals surface area (Å²) in [5.41, 5.74) is 1.95. The summed E-state index contributed by atoms with van der Waals surface area (Å²) in [6, 6.07) is 14.7. The van der Waals surface area contributed by atoms with Gasteiger partial charge < -0.3 is 29.2 Å². The molecule has 54 heavy (non-hydrogen) atoms. The topological polar surface area (TPSA) is 93.7 Å². The smallest absolute Gasteiger partial charge is 0.305 e. The van der Waals surface area contributed by atoms with Crippen molar-refractivity contribution >= 4 is 27.4 Å². The Morgan fingerprint density at radius 3 is 2.26 bits per heavy atom. The van der Waals surface area contributed by atoms with Crippen molar-refractivity contribution in [3.8, 4) is 0 Å². The molecular formula is C42H60FN5O5S. The number of likely N-dealkylation sites (tertiary alicyclic amines) is 3. The maximum atomic E-state index is 15.0. The van der Waals surface area contributed by atoms with Crippen LogP contribution in [0.2, 0.25) is 0 Å². The summed E-state index contributed by atoms with van der Waals surface area (Å²) >= 11 is 0. The Labute approximate surface area is 321 Å². The average molecular weight is 766 g/mol. The number of piperidine rings is 1.